The summed E-state index contributed by atoms with van der Waals surface area (Å²) in [6.07, 6.45) is 2.71. The molecule has 4 aromatic carbocycles. The molecule has 0 atom stereocenters. The molecular weight excluding hydrogens is 398 g/mol. The van der Waals surface area contributed by atoms with Gasteiger partial charge in [0.25, 0.3) is 0 Å². The molecule has 0 amide bonds. The highest BCUT2D eigenvalue weighted by atomic mass is 35.5. The molecule has 0 saturated heterocycles. The zero-order valence-corrected chi connectivity index (χ0v) is 17.3. The molecule has 4 aromatic rings. The van der Waals surface area contributed by atoms with E-state index in [-0.39, 0.29) is 0 Å². The minimum absolute atomic E-state index is 0.500. The quantitative estimate of drug-likeness (QED) is 0.189. The number of fused-ring (bicyclic) bond motifs is 2. The Morgan fingerprint density at radius 3 is 2.00 bits per heavy atom. The van der Waals surface area contributed by atoms with Gasteiger partial charge in [-0.15, -0.1) is 0 Å². The Kier molecular flexibility index (Phi) is 6.03. The molecule has 0 unspecified atom stereocenters. The molecule has 0 aliphatic carbocycles. The molecule has 0 aromatic heterocycles. The normalized spacial score (nSPS) is 11.2. The first-order valence-electron chi connectivity index (χ1n) is 9.44. The molecule has 29 heavy (non-hydrogen) atoms. The summed E-state index contributed by atoms with van der Waals surface area (Å²) in [5, 5.41) is 13.0. The summed E-state index contributed by atoms with van der Waals surface area (Å²) in [4.78, 5) is 0. The second-order valence-electron chi connectivity index (χ2n) is 6.68. The first-order chi connectivity index (χ1) is 14.2. The maximum absolute atomic E-state index is 6.65. The summed E-state index contributed by atoms with van der Waals surface area (Å²) < 4.78 is 0. The molecule has 5 heteroatoms. The Balaban J connectivity index is 1.50. The molecule has 4 rings (SSSR count). The number of rotatable bonds is 5. The van der Waals surface area contributed by atoms with E-state index in [0.717, 1.165) is 45.1 Å². The van der Waals surface area contributed by atoms with Crippen molar-refractivity contribution in [3.05, 3.63) is 95.0 Å². The second-order valence-corrected chi connectivity index (χ2v) is 7.47. The molecule has 0 radical (unpaired) electrons. The van der Waals surface area contributed by atoms with Gasteiger partial charge in [0.15, 0.2) is 5.11 Å². The maximum atomic E-state index is 6.65. The van der Waals surface area contributed by atoms with Gasteiger partial charge in [-0.2, -0.15) is 5.10 Å². The topological polar surface area (TPSA) is 36.4 Å². The van der Waals surface area contributed by atoms with E-state index >= 15 is 0 Å². The van der Waals surface area contributed by atoms with Gasteiger partial charge in [0.2, 0.25) is 0 Å². The van der Waals surface area contributed by atoms with Crippen LogP contribution in [0, 0.1) is 0 Å². The average Bonchev–Trinajstić information content (AvgIpc) is 2.77. The molecule has 144 valence electrons. The van der Waals surface area contributed by atoms with Crippen molar-refractivity contribution < 1.29 is 0 Å². The molecule has 0 saturated carbocycles. The minimum Gasteiger partial charge on any atom is -0.361 e. The van der Waals surface area contributed by atoms with Gasteiger partial charge >= 0.3 is 0 Å². The number of benzene rings is 4. The third kappa shape index (κ3) is 4.39. The number of thiocarbonyl (C=S) groups is 1. The minimum atomic E-state index is 0.500. The van der Waals surface area contributed by atoms with E-state index in [1.54, 1.807) is 0 Å². The van der Waals surface area contributed by atoms with E-state index in [1.807, 2.05) is 60.8 Å². The van der Waals surface area contributed by atoms with Gasteiger partial charge < -0.3 is 5.32 Å². The van der Waals surface area contributed by atoms with Gasteiger partial charge in [-0.1, -0.05) is 90.5 Å². The van der Waals surface area contributed by atoms with Crippen molar-refractivity contribution in [1.82, 2.24) is 10.7 Å². The summed E-state index contributed by atoms with van der Waals surface area (Å²) >= 11 is 12.0. The van der Waals surface area contributed by atoms with E-state index in [2.05, 4.69) is 40.1 Å². The fraction of sp³-hybridized carbons (Fsp3) is 0.0833. The number of hydrazone groups is 1. The molecule has 0 heterocycles. The molecule has 0 aliphatic heterocycles. The Morgan fingerprint density at radius 1 is 0.828 bits per heavy atom. The third-order valence-corrected chi connectivity index (χ3v) is 5.45. The van der Waals surface area contributed by atoms with Crippen LogP contribution < -0.4 is 10.7 Å². The maximum Gasteiger partial charge on any atom is 0.186 e. The highest BCUT2D eigenvalue weighted by Gasteiger charge is 2.10. The van der Waals surface area contributed by atoms with Gasteiger partial charge in [-0.25, -0.2) is 0 Å². The highest BCUT2D eigenvalue weighted by Crippen LogP contribution is 2.35. The molecule has 0 fully saturated rings. The number of nitrogens with zero attached hydrogens (tertiary/aromatic N) is 1. The van der Waals surface area contributed by atoms with Crippen LogP contribution >= 0.6 is 23.8 Å². The van der Waals surface area contributed by atoms with Crippen LogP contribution in [0.3, 0.4) is 0 Å². The van der Waals surface area contributed by atoms with Crippen molar-refractivity contribution in [2.24, 2.45) is 5.10 Å². The summed E-state index contributed by atoms with van der Waals surface area (Å²) in [5.74, 6) is 0. The summed E-state index contributed by atoms with van der Waals surface area (Å²) in [7, 11) is 0. The molecular formula is C24H20ClN3S. The Labute approximate surface area is 180 Å². The summed E-state index contributed by atoms with van der Waals surface area (Å²) in [6.45, 7) is 0.748. The fourth-order valence-corrected chi connectivity index (χ4v) is 3.89. The number of hydrogen-bond acceptors (Lipinski definition) is 2. The first kappa shape index (κ1) is 19.4. The number of halogens is 1. The van der Waals surface area contributed by atoms with E-state index in [9.17, 15) is 0 Å². The van der Waals surface area contributed by atoms with E-state index in [1.165, 1.54) is 5.56 Å². The SMILES string of the molecule is S=C(NCCc1ccccc1)N/N=C\c1c2ccccc2c(Cl)c2ccccc12. The third-order valence-electron chi connectivity index (χ3n) is 4.81. The monoisotopic (exact) mass is 417 g/mol. The van der Waals surface area contributed by atoms with Crippen molar-refractivity contribution in [2.45, 2.75) is 6.42 Å². The summed E-state index contributed by atoms with van der Waals surface area (Å²) in [6, 6.07) is 26.5. The first-order valence-corrected chi connectivity index (χ1v) is 10.2. The van der Waals surface area contributed by atoms with Crippen molar-refractivity contribution >= 4 is 56.7 Å². The van der Waals surface area contributed by atoms with E-state index < -0.39 is 0 Å². The molecule has 2 N–H and O–H groups in total. The van der Waals surface area contributed by atoms with Gasteiger partial charge in [0.05, 0.1) is 11.2 Å². The Morgan fingerprint density at radius 2 is 1.38 bits per heavy atom. The lowest BCUT2D eigenvalue weighted by Crippen LogP contribution is -2.33. The number of hydrogen-bond donors (Lipinski definition) is 2. The predicted molar refractivity (Wildman–Crippen MR) is 128 cm³/mol. The van der Waals surface area contributed by atoms with Crippen molar-refractivity contribution in [3.8, 4) is 0 Å². The fourth-order valence-electron chi connectivity index (χ4n) is 3.41. The molecule has 0 spiro atoms. The van der Waals surface area contributed by atoms with Gasteiger partial charge in [-0.3, -0.25) is 5.43 Å². The van der Waals surface area contributed by atoms with Gasteiger partial charge in [-0.05, 0) is 35.0 Å². The van der Waals surface area contributed by atoms with Gasteiger partial charge in [0, 0.05) is 22.9 Å². The highest BCUT2D eigenvalue weighted by molar-refractivity contribution is 7.80. The number of nitrogens with one attached hydrogen (secondary N) is 2. The van der Waals surface area contributed by atoms with Crippen molar-refractivity contribution in [2.75, 3.05) is 6.54 Å². The van der Waals surface area contributed by atoms with Crippen molar-refractivity contribution in [1.29, 1.82) is 0 Å². The van der Waals surface area contributed by atoms with Crippen LogP contribution in [0.25, 0.3) is 21.5 Å². The Bertz CT molecular complexity index is 1130. The van der Waals surface area contributed by atoms with Crippen LogP contribution in [0.4, 0.5) is 0 Å². The lowest BCUT2D eigenvalue weighted by Gasteiger charge is -2.11. The van der Waals surface area contributed by atoms with Crippen LogP contribution in [-0.4, -0.2) is 17.9 Å². The molecule has 0 aliphatic rings. The predicted octanol–water partition coefficient (Wildman–Crippen LogP) is 5.69. The lowest BCUT2D eigenvalue weighted by atomic mass is 9.97. The smallest absolute Gasteiger partial charge is 0.186 e. The van der Waals surface area contributed by atoms with Crippen molar-refractivity contribution in [3.63, 3.8) is 0 Å². The average molecular weight is 418 g/mol. The van der Waals surface area contributed by atoms with Crippen LogP contribution in [0.1, 0.15) is 11.1 Å². The second kappa shape index (κ2) is 9.03. The molecule has 3 nitrogen and oxygen atoms in total. The lowest BCUT2D eigenvalue weighted by molar-refractivity contribution is 0.838. The zero-order chi connectivity index (χ0) is 20.1. The summed E-state index contributed by atoms with van der Waals surface area (Å²) in [5.41, 5.74) is 5.20. The van der Waals surface area contributed by atoms with Crippen LogP contribution in [-0.2, 0) is 6.42 Å². The zero-order valence-electron chi connectivity index (χ0n) is 15.7. The molecule has 0 bridgehead atoms. The Hall–Kier alpha value is -2.95. The van der Waals surface area contributed by atoms with Crippen LogP contribution in [0.15, 0.2) is 84.0 Å². The van der Waals surface area contributed by atoms with E-state index in [0.29, 0.717) is 5.11 Å². The van der Waals surface area contributed by atoms with Gasteiger partial charge in [0.1, 0.15) is 0 Å². The van der Waals surface area contributed by atoms with Crippen LogP contribution in [0.5, 0.6) is 0 Å². The van der Waals surface area contributed by atoms with E-state index in [4.69, 9.17) is 23.8 Å². The largest absolute Gasteiger partial charge is 0.361 e. The standard InChI is InChI=1S/C24H20ClN3S/c25-23-20-12-6-4-10-18(20)22(19-11-5-7-13-21(19)23)16-27-28-24(29)26-15-14-17-8-2-1-3-9-17/h1-13,16H,14-15H2,(H2,26,28,29)/b27-16-. The van der Waals surface area contributed by atoms with Crippen LogP contribution in [0.2, 0.25) is 5.02 Å².